The highest BCUT2D eigenvalue weighted by Crippen LogP contribution is 2.40. The van der Waals surface area contributed by atoms with E-state index in [0.717, 1.165) is 37.8 Å². The van der Waals surface area contributed by atoms with E-state index in [-0.39, 0.29) is 11.3 Å². The molecule has 0 spiro atoms. The van der Waals surface area contributed by atoms with Gasteiger partial charge >= 0.3 is 0 Å². The number of carbonyl (C=O) groups is 1. The lowest BCUT2D eigenvalue weighted by atomic mass is 9.68. The number of nitrogens with two attached hydrogens (primary N) is 1. The van der Waals surface area contributed by atoms with Crippen LogP contribution >= 0.6 is 0 Å². The number of aromatic amines is 1. The summed E-state index contributed by atoms with van der Waals surface area (Å²) < 4.78 is 0. The van der Waals surface area contributed by atoms with Gasteiger partial charge in [-0.1, -0.05) is 19.8 Å². The molecule has 4 N–H and O–H groups in total. The molecule has 2 rings (SSSR count). The third kappa shape index (κ3) is 2.34. The largest absolute Gasteiger partial charge is 0.329 e. The molecule has 0 aromatic carbocycles. The van der Waals surface area contributed by atoms with Gasteiger partial charge in [0.1, 0.15) is 0 Å². The van der Waals surface area contributed by atoms with E-state index in [2.05, 4.69) is 22.4 Å². The lowest BCUT2D eigenvalue weighted by molar-refractivity contribution is -0.129. The number of carbonyl (C=O) groups excluding carboxylic acids is 1. The molecule has 1 heterocycles. The second kappa shape index (κ2) is 4.87. The van der Waals surface area contributed by atoms with Crippen LogP contribution in [0.5, 0.6) is 0 Å². The van der Waals surface area contributed by atoms with E-state index >= 15 is 0 Å². The molecule has 0 saturated heterocycles. The molecule has 0 atom stereocenters. The van der Waals surface area contributed by atoms with Crippen LogP contribution in [0, 0.1) is 5.41 Å². The van der Waals surface area contributed by atoms with Crippen molar-refractivity contribution in [1.82, 2.24) is 10.2 Å². The summed E-state index contributed by atoms with van der Waals surface area (Å²) in [5.74, 6) is 0.624. The number of anilines is 1. The van der Waals surface area contributed by atoms with E-state index in [1.165, 1.54) is 0 Å². The number of hydrogen-bond acceptors (Lipinski definition) is 3. The molecule has 0 aliphatic heterocycles. The van der Waals surface area contributed by atoms with Crippen LogP contribution < -0.4 is 11.1 Å². The lowest BCUT2D eigenvalue weighted by Gasteiger charge is -2.38. The zero-order valence-corrected chi connectivity index (χ0v) is 10.3. The summed E-state index contributed by atoms with van der Waals surface area (Å²) in [5, 5.41) is 9.86. The van der Waals surface area contributed by atoms with E-state index in [9.17, 15) is 4.79 Å². The van der Waals surface area contributed by atoms with Crippen LogP contribution in [0.3, 0.4) is 0 Å². The molecule has 0 bridgehead atoms. The molecule has 1 aliphatic rings. The van der Waals surface area contributed by atoms with Gasteiger partial charge in [0, 0.05) is 18.3 Å². The molecule has 1 amide bonds. The summed E-state index contributed by atoms with van der Waals surface area (Å²) in [6, 6.07) is 1.89. The molecule has 94 valence electrons. The number of hydrogen-bond donors (Lipinski definition) is 3. The molecule has 17 heavy (non-hydrogen) atoms. The minimum absolute atomic E-state index is 0.0146. The zero-order chi connectivity index (χ0) is 12.3. The van der Waals surface area contributed by atoms with E-state index in [1.807, 2.05) is 6.07 Å². The van der Waals surface area contributed by atoms with Crippen molar-refractivity contribution in [1.29, 1.82) is 0 Å². The fourth-order valence-electron chi connectivity index (χ4n) is 2.20. The highest BCUT2D eigenvalue weighted by Gasteiger charge is 2.42. The van der Waals surface area contributed by atoms with E-state index in [4.69, 9.17) is 5.73 Å². The van der Waals surface area contributed by atoms with Crippen molar-refractivity contribution in [2.75, 3.05) is 11.9 Å². The molecule has 1 fully saturated rings. The molecule has 1 aliphatic carbocycles. The Morgan fingerprint density at radius 3 is 2.94 bits per heavy atom. The van der Waals surface area contributed by atoms with Crippen molar-refractivity contribution in [2.45, 2.75) is 39.0 Å². The predicted octanol–water partition coefficient (Wildman–Crippen LogP) is 1.43. The first-order valence-electron chi connectivity index (χ1n) is 6.26. The first-order chi connectivity index (χ1) is 8.20. The van der Waals surface area contributed by atoms with Gasteiger partial charge in [0.05, 0.1) is 5.41 Å². The van der Waals surface area contributed by atoms with Crippen LogP contribution in [-0.2, 0) is 11.2 Å². The molecule has 5 nitrogen and oxygen atoms in total. The monoisotopic (exact) mass is 236 g/mol. The molecule has 0 radical (unpaired) electrons. The first kappa shape index (κ1) is 12.1. The highest BCUT2D eigenvalue weighted by molar-refractivity contribution is 5.95. The maximum absolute atomic E-state index is 12.1. The summed E-state index contributed by atoms with van der Waals surface area (Å²) >= 11 is 0. The summed E-state index contributed by atoms with van der Waals surface area (Å²) in [7, 11) is 0. The Hall–Kier alpha value is -1.36. The highest BCUT2D eigenvalue weighted by atomic mass is 16.2. The quantitative estimate of drug-likeness (QED) is 0.723. The third-order valence-electron chi connectivity index (χ3n) is 3.57. The van der Waals surface area contributed by atoms with Crippen LogP contribution in [0.2, 0.25) is 0 Å². The van der Waals surface area contributed by atoms with Crippen LogP contribution in [-0.4, -0.2) is 22.6 Å². The smallest absolute Gasteiger partial charge is 0.233 e. The van der Waals surface area contributed by atoms with E-state index < -0.39 is 0 Å². The number of aromatic nitrogens is 2. The van der Waals surface area contributed by atoms with Crippen LogP contribution in [0.15, 0.2) is 6.07 Å². The number of rotatable bonds is 5. The van der Waals surface area contributed by atoms with Gasteiger partial charge in [0.2, 0.25) is 5.91 Å². The van der Waals surface area contributed by atoms with Gasteiger partial charge in [-0.25, -0.2) is 0 Å². The van der Waals surface area contributed by atoms with Crippen molar-refractivity contribution >= 4 is 11.7 Å². The van der Waals surface area contributed by atoms with Crippen molar-refractivity contribution in [3.8, 4) is 0 Å². The van der Waals surface area contributed by atoms with Crippen LogP contribution in [0.1, 0.15) is 38.3 Å². The lowest BCUT2D eigenvalue weighted by Crippen LogP contribution is -2.47. The first-order valence-corrected chi connectivity index (χ1v) is 6.26. The number of amides is 1. The van der Waals surface area contributed by atoms with Gasteiger partial charge in [-0.3, -0.25) is 9.89 Å². The van der Waals surface area contributed by atoms with Gasteiger partial charge in [-0.05, 0) is 19.3 Å². The molecular formula is C12H20N4O. The Kier molecular flexibility index (Phi) is 3.47. The summed E-state index contributed by atoms with van der Waals surface area (Å²) in [6.07, 6.45) is 4.88. The van der Waals surface area contributed by atoms with Gasteiger partial charge in [-0.2, -0.15) is 5.10 Å². The van der Waals surface area contributed by atoms with Crippen molar-refractivity contribution in [3.05, 3.63) is 11.8 Å². The van der Waals surface area contributed by atoms with Crippen molar-refractivity contribution in [3.63, 3.8) is 0 Å². The van der Waals surface area contributed by atoms with Crippen LogP contribution in [0.4, 0.5) is 5.82 Å². The fraction of sp³-hybridized carbons (Fsp3) is 0.667. The van der Waals surface area contributed by atoms with Crippen molar-refractivity contribution in [2.24, 2.45) is 11.1 Å². The molecule has 5 heteroatoms. The summed E-state index contributed by atoms with van der Waals surface area (Å²) in [6.45, 7) is 2.53. The van der Waals surface area contributed by atoms with Gasteiger partial charge < -0.3 is 11.1 Å². The number of nitrogens with one attached hydrogen (secondary N) is 2. The maximum Gasteiger partial charge on any atom is 0.233 e. The molecule has 1 aromatic rings. The predicted molar refractivity (Wildman–Crippen MR) is 66.6 cm³/mol. The second-order valence-corrected chi connectivity index (χ2v) is 4.82. The zero-order valence-electron chi connectivity index (χ0n) is 10.3. The van der Waals surface area contributed by atoms with Crippen molar-refractivity contribution < 1.29 is 4.79 Å². The normalized spacial score (nSPS) is 17.5. The molecule has 1 aromatic heterocycles. The second-order valence-electron chi connectivity index (χ2n) is 4.82. The third-order valence-corrected chi connectivity index (χ3v) is 3.57. The average molecular weight is 236 g/mol. The fourth-order valence-corrected chi connectivity index (χ4v) is 2.20. The van der Waals surface area contributed by atoms with E-state index in [0.29, 0.717) is 12.4 Å². The van der Waals surface area contributed by atoms with Gasteiger partial charge in [-0.15, -0.1) is 0 Å². The number of nitrogens with zero attached hydrogens (tertiary/aromatic N) is 1. The Labute approximate surface area is 101 Å². The Morgan fingerprint density at radius 2 is 2.41 bits per heavy atom. The Balaban J connectivity index is 1.97. The average Bonchev–Trinajstić information content (AvgIpc) is 2.65. The molecule has 1 saturated carbocycles. The summed E-state index contributed by atoms with van der Waals surface area (Å²) in [5.41, 5.74) is 6.40. The number of H-pyrrole nitrogens is 1. The Morgan fingerprint density at radius 1 is 1.65 bits per heavy atom. The summed E-state index contributed by atoms with van der Waals surface area (Å²) in [4.78, 5) is 12.1. The van der Waals surface area contributed by atoms with E-state index in [1.54, 1.807) is 0 Å². The Bertz CT molecular complexity index is 389. The minimum atomic E-state index is -0.343. The van der Waals surface area contributed by atoms with Gasteiger partial charge in [0.25, 0.3) is 0 Å². The SMILES string of the molecule is CCCc1cc(NC(=O)C2(CN)CCC2)n[nH]1. The topological polar surface area (TPSA) is 83.8 Å². The number of aryl methyl sites for hydroxylation is 1. The maximum atomic E-state index is 12.1. The molecule has 0 unspecified atom stereocenters. The standard InChI is InChI=1S/C12H20N4O/c1-2-4-9-7-10(16-15-9)14-11(17)12(8-13)5-3-6-12/h7H,2-6,8,13H2,1H3,(H2,14,15,16,17). The van der Waals surface area contributed by atoms with Crippen LogP contribution in [0.25, 0.3) is 0 Å². The minimum Gasteiger partial charge on any atom is -0.329 e. The van der Waals surface area contributed by atoms with Gasteiger partial charge in [0.15, 0.2) is 5.82 Å². The molecular weight excluding hydrogens is 216 g/mol.